The standard InChI is InChI=1S/C10H19F3N2S/c1-7(16)6-9(10(11,12)13)15-8-2-4-14-5-3-8/h7-9,14-16H,2-6H2,1H3. The molecule has 1 aliphatic heterocycles. The smallest absolute Gasteiger partial charge is 0.317 e. The lowest BCUT2D eigenvalue weighted by Gasteiger charge is -2.30. The van der Waals surface area contributed by atoms with Crippen LogP contribution in [0.3, 0.4) is 0 Å². The van der Waals surface area contributed by atoms with Gasteiger partial charge in [-0.25, -0.2) is 0 Å². The van der Waals surface area contributed by atoms with Gasteiger partial charge in [0.1, 0.15) is 6.04 Å². The lowest BCUT2D eigenvalue weighted by Crippen LogP contribution is -2.51. The minimum absolute atomic E-state index is 0.0243. The molecular weight excluding hydrogens is 237 g/mol. The van der Waals surface area contributed by atoms with Crippen LogP contribution in [-0.2, 0) is 0 Å². The third-order valence-corrected chi connectivity index (χ3v) is 2.96. The summed E-state index contributed by atoms with van der Waals surface area (Å²) in [5.74, 6) is 0. The summed E-state index contributed by atoms with van der Waals surface area (Å²) in [5.41, 5.74) is 0. The molecule has 0 aliphatic carbocycles. The second kappa shape index (κ2) is 6.12. The van der Waals surface area contributed by atoms with E-state index in [-0.39, 0.29) is 17.7 Å². The summed E-state index contributed by atoms with van der Waals surface area (Å²) in [7, 11) is 0. The van der Waals surface area contributed by atoms with Crippen molar-refractivity contribution < 1.29 is 13.2 Å². The molecule has 1 rings (SSSR count). The fraction of sp³-hybridized carbons (Fsp3) is 1.00. The lowest BCUT2D eigenvalue weighted by atomic mass is 10.0. The molecular formula is C10H19F3N2S. The summed E-state index contributed by atoms with van der Waals surface area (Å²) >= 11 is 4.03. The Hall–Kier alpha value is 0.0600. The third kappa shape index (κ3) is 4.93. The molecule has 1 aliphatic rings. The van der Waals surface area contributed by atoms with Crippen LogP contribution in [0.2, 0.25) is 0 Å². The lowest BCUT2D eigenvalue weighted by molar-refractivity contribution is -0.159. The molecule has 1 fully saturated rings. The minimum Gasteiger partial charge on any atom is -0.317 e. The molecule has 2 N–H and O–H groups in total. The monoisotopic (exact) mass is 256 g/mol. The molecule has 0 saturated carbocycles. The Kier molecular flexibility index (Phi) is 5.40. The molecule has 1 heterocycles. The predicted molar refractivity (Wildman–Crippen MR) is 61.9 cm³/mol. The van der Waals surface area contributed by atoms with E-state index in [2.05, 4.69) is 23.3 Å². The molecule has 0 aromatic rings. The zero-order valence-electron chi connectivity index (χ0n) is 9.35. The van der Waals surface area contributed by atoms with Crippen LogP contribution in [0.25, 0.3) is 0 Å². The Morgan fingerprint density at radius 2 is 1.94 bits per heavy atom. The Bertz CT molecular complexity index is 203. The highest BCUT2D eigenvalue weighted by Gasteiger charge is 2.40. The molecule has 0 aromatic heterocycles. The van der Waals surface area contributed by atoms with Crippen molar-refractivity contribution in [3.63, 3.8) is 0 Å². The third-order valence-electron chi connectivity index (χ3n) is 2.75. The van der Waals surface area contributed by atoms with Crippen molar-refractivity contribution in [3.8, 4) is 0 Å². The number of nitrogens with one attached hydrogen (secondary N) is 2. The van der Waals surface area contributed by atoms with Gasteiger partial charge in [0.05, 0.1) is 0 Å². The zero-order valence-corrected chi connectivity index (χ0v) is 10.2. The summed E-state index contributed by atoms with van der Waals surface area (Å²) in [4.78, 5) is 0. The van der Waals surface area contributed by atoms with E-state index in [0.717, 1.165) is 25.9 Å². The van der Waals surface area contributed by atoms with Crippen LogP contribution < -0.4 is 10.6 Å². The number of thiol groups is 1. The second-order valence-corrected chi connectivity index (χ2v) is 5.25. The van der Waals surface area contributed by atoms with E-state index in [1.807, 2.05) is 0 Å². The van der Waals surface area contributed by atoms with Gasteiger partial charge in [-0.3, -0.25) is 0 Å². The Labute approximate surface area is 99.8 Å². The van der Waals surface area contributed by atoms with Crippen LogP contribution in [0, 0.1) is 0 Å². The normalized spacial score (nSPS) is 23.1. The molecule has 16 heavy (non-hydrogen) atoms. The minimum atomic E-state index is -4.18. The van der Waals surface area contributed by atoms with Gasteiger partial charge in [-0.2, -0.15) is 25.8 Å². The first-order valence-electron chi connectivity index (χ1n) is 5.61. The van der Waals surface area contributed by atoms with Crippen molar-refractivity contribution in [2.45, 2.75) is 49.7 Å². The van der Waals surface area contributed by atoms with E-state index in [9.17, 15) is 13.2 Å². The molecule has 0 spiro atoms. The Morgan fingerprint density at radius 1 is 1.38 bits per heavy atom. The highest BCUT2D eigenvalue weighted by Crippen LogP contribution is 2.25. The van der Waals surface area contributed by atoms with Crippen molar-refractivity contribution in [1.82, 2.24) is 10.6 Å². The van der Waals surface area contributed by atoms with E-state index in [1.54, 1.807) is 6.92 Å². The summed E-state index contributed by atoms with van der Waals surface area (Å²) in [6.07, 6.45) is -2.64. The van der Waals surface area contributed by atoms with Crippen LogP contribution in [0.4, 0.5) is 13.2 Å². The predicted octanol–water partition coefficient (Wildman–Crippen LogP) is 1.97. The number of piperidine rings is 1. The number of rotatable bonds is 4. The first-order valence-corrected chi connectivity index (χ1v) is 6.13. The molecule has 6 heteroatoms. The number of hydrogen-bond donors (Lipinski definition) is 3. The molecule has 2 unspecified atom stereocenters. The van der Waals surface area contributed by atoms with E-state index in [1.165, 1.54) is 0 Å². The first-order chi connectivity index (χ1) is 7.39. The van der Waals surface area contributed by atoms with Crippen LogP contribution in [0.5, 0.6) is 0 Å². The summed E-state index contributed by atoms with van der Waals surface area (Å²) in [5, 5.41) is 5.60. The first kappa shape index (κ1) is 14.1. The van der Waals surface area contributed by atoms with Crippen molar-refractivity contribution in [3.05, 3.63) is 0 Å². The van der Waals surface area contributed by atoms with E-state index < -0.39 is 12.2 Å². The average Bonchev–Trinajstić information content (AvgIpc) is 2.16. The second-order valence-electron chi connectivity index (χ2n) is 4.37. The zero-order chi connectivity index (χ0) is 12.2. The molecule has 96 valence electrons. The van der Waals surface area contributed by atoms with Gasteiger partial charge in [-0.15, -0.1) is 0 Å². The van der Waals surface area contributed by atoms with Gasteiger partial charge in [0.15, 0.2) is 0 Å². The van der Waals surface area contributed by atoms with E-state index >= 15 is 0 Å². The van der Waals surface area contributed by atoms with Gasteiger partial charge in [0.25, 0.3) is 0 Å². The van der Waals surface area contributed by atoms with Gasteiger partial charge in [-0.1, -0.05) is 6.92 Å². The van der Waals surface area contributed by atoms with E-state index in [4.69, 9.17) is 0 Å². The largest absolute Gasteiger partial charge is 0.403 e. The molecule has 2 atom stereocenters. The molecule has 0 radical (unpaired) electrons. The fourth-order valence-corrected chi connectivity index (χ4v) is 2.12. The van der Waals surface area contributed by atoms with Crippen LogP contribution in [0.15, 0.2) is 0 Å². The van der Waals surface area contributed by atoms with Crippen molar-refractivity contribution in [2.24, 2.45) is 0 Å². The van der Waals surface area contributed by atoms with Crippen LogP contribution in [-0.4, -0.2) is 36.6 Å². The van der Waals surface area contributed by atoms with Crippen molar-refractivity contribution in [2.75, 3.05) is 13.1 Å². The maximum absolute atomic E-state index is 12.7. The molecule has 0 amide bonds. The van der Waals surface area contributed by atoms with Gasteiger partial charge in [0.2, 0.25) is 0 Å². The van der Waals surface area contributed by atoms with Crippen molar-refractivity contribution in [1.29, 1.82) is 0 Å². The summed E-state index contributed by atoms with van der Waals surface area (Å²) in [6.45, 7) is 3.27. The number of halogens is 3. The fourth-order valence-electron chi connectivity index (χ4n) is 1.91. The van der Waals surface area contributed by atoms with Crippen LogP contribution >= 0.6 is 12.6 Å². The van der Waals surface area contributed by atoms with Crippen LogP contribution in [0.1, 0.15) is 26.2 Å². The van der Waals surface area contributed by atoms with Gasteiger partial charge in [0, 0.05) is 11.3 Å². The number of alkyl halides is 3. The van der Waals surface area contributed by atoms with E-state index in [0.29, 0.717) is 0 Å². The molecule has 1 saturated heterocycles. The van der Waals surface area contributed by atoms with Gasteiger partial charge in [-0.05, 0) is 32.4 Å². The van der Waals surface area contributed by atoms with Crippen molar-refractivity contribution >= 4 is 12.6 Å². The Morgan fingerprint density at radius 3 is 2.38 bits per heavy atom. The quantitative estimate of drug-likeness (QED) is 0.670. The molecule has 2 nitrogen and oxygen atoms in total. The maximum Gasteiger partial charge on any atom is 0.403 e. The average molecular weight is 256 g/mol. The Balaban J connectivity index is 2.48. The summed E-state index contributed by atoms with van der Waals surface area (Å²) < 4.78 is 38.2. The number of hydrogen-bond acceptors (Lipinski definition) is 3. The topological polar surface area (TPSA) is 24.1 Å². The maximum atomic E-state index is 12.7. The molecule has 0 bridgehead atoms. The highest BCUT2D eigenvalue weighted by molar-refractivity contribution is 7.80. The molecule has 0 aromatic carbocycles. The SMILES string of the molecule is CC(S)CC(NC1CCNCC1)C(F)(F)F. The van der Waals surface area contributed by atoms with Gasteiger partial charge >= 0.3 is 6.18 Å². The summed E-state index contributed by atoms with van der Waals surface area (Å²) in [6, 6.07) is -1.46. The highest BCUT2D eigenvalue weighted by atomic mass is 32.1. The van der Waals surface area contributed by atoms with Gasteiger partial charge < -0.3 is 10.6 Å².